The van der Waals surface area contributed by atoms with E-state index < -0.39 is 10.9 Å². The van der Waals surface area contributed by atoms with Gasteiger partial charge < -0.3 is 19.9 Å². The average molecular weight is 574 g/mol. The standard InChI is InChI=1S/C30H35N7O5/c1-18(2)42-29(39)22-16-31-30(33-28(22)23-17-36(20(4)38)25-11-9-8-10-21(23)25)32-24-15-27(37(40)41)26(14-19(24)3)35(7)13-12-34(5)6/h8-11,14-18H,12-13H2,1-7H3,(H,31,32,33). The van der Waals surface area contributed by atoms with Gasteiger partial charge in [-0.3, -0.25) is 19.5 Å². The van der Waals surface area contributed by atoms with Crippen molar-refractivity contribution in [2.75, 3.05) is 44.4 Å². The zero-order valence-electron chi connectivity index (χ0n) is 24.8. The number of nitro groups is 1. The lowest BCUT2D eigenvalue weighted by molar-refractivity contribution is -0.384. The van der Waals surface area contributed by atoms with Gasteiger partial charge >= 0.3 is 5.97 Å². The largest absolute Gasteiger partial charge is 0.459 e. The summed E-state index contributed by atoms with van der Waals surface area (Å²) in [6, 6.07) is 10.5. The van der Waals surface area contributed by atoms with Crippen LogP contribution in [0, 0.1) is 17.0 Å². The minimum absolute atomic E-state index is 0.0637. The second-order valence-electron chi connectivity index (χ2n) is 10.6. The third-order valence-electron chi connectivity index (χ3n) is 6.72. The molecule has 42 heavy (non-hydrogen) atoms. The molecule has 0 aliphatic carbocycles. The molecule has 1 N–H and O–H groups in total. The molecule has 0 saturated carbocycles. The summed E-state index contributed by atoms with van der Waals surface area (Å²) < 4.78 is 6.96. The molecule has 12 heteroatoms. The Morgan fingerprint density at radius 1 is 1.14 bits per heavy atom. The molecular formula is C30H35N7O5. The number of aromatic nitrogens is 3. The molecule has 220 valence electrons. The fraction of sp³-hybridized carbons (Fsp3) is 0.333. The number of esters is 1. The van der Waals surface area contributed by atoms with E-state index in [1.54, 1.807) is 26.1 Å². The monoisotopic (exact) mass is 573 g/mol. The number of aryl methyl sites for hydroxylation is 1. The maximum atomic E-state index is 13.1. The zero-order valence-corrected chi connectivity index (χ0v) is 24.8. The van der Waals surface area contributed by atoms with Crippen LogP contribution in [0.5, 0.6) is 0 Å². The number of carbonyl (C=O) groups excluding carboxylic acids is 2. The Bertz CT molecular complexity index is 1660. The summed E-state index contributed by atoms with van der Waals surface area (Å²) in [4.78, 5) is 50.0. The Balaban J connectivity index is 1.82. The predicted molar refractivity (Wildman–Crippen MR) is 163 cm³/mol. The van der Waals surface area contributed by atoms with Crippen LogP contribution < -0.4 is 10.2 Å². The molecule has 0 saturated heterocycles. The average Bonchev–Trinajstić information content (AvgIpc) is 3.32. The topological polar surface area (TPSA) is 136 Å². The first-order chi connectivity index (χ1) is 19.9. The Morgan fingerprint density at radius 3 is 2.50 bits per heavy atom. The van der Waals surface area contributed by atoms with Gasteiger partial charge in [-0.05, 0) is 52.6 Å². The number of nitrogens with one attached hydrogen (secondary N) is 1. The van der Waals surface area contributed by atoms with Crippen molar-refractivity contribution in [1.82, 2.24) is 19.4 Å². The summed E-state index contributed by atoms with van der Waals surface area (Å²) in [6.45, 7) is 8.11. The summed E-state index contributed by atoms with van der Waals surface area (Å²) in [6.07, 6.45) is 2.63. The molecule has 0 spiro atoms. The lowest BCUT2D eigenvalue weighted by Crippen LogP contribution is -2.29. The molecule has 0 unspecified atom stereocenters. The lowest BCUT2D eigenvalue weighted by atomic mass is 10.1. The molecule has 0 fully saturated rings. The molecule has 0 aliphatic rings. The quantitative estimate of drug-likeness (QED) is 0.152. The number of ether oxygens (including phenoxy) is 1. The molecule has 4 aromatic rings. The van der Waals surface area contributed by atoms with Crippen molar-refractivity contribution in [3.63, 3.8) is 0 Å². The number of para-hydroxylation sites is 1. The van der Waals surface area contributed by atoms with Crippen molar-refractivity contribution >= 4 is 45.8 Å². The zero-order chi connectivity index (χ0) is 30.7. The van der Waals surface area contributed by atoms with Crippen LogP contribution >= 0.6 is 0 Å². The number of fused-ring (bicyclic) bond motifs is 1. The lowest BCUT2D eigenvalue weighted by Gasteiger charge is -2.22. The number of benzene rings is 2. The van der Waals surface area contributed by atoms with Gasteiger partial charge in [0.2, 0.25) is 11.9 Å². The van der Waals surface area contributed by atoms with Crippen LogP contribution in [0.3, 0.4) is 0 Å². The van der Waals surface area contributed by atoms with Crippen molar-refractivity contribution in [3.8, 4) is 11.3 Å². The molecule has 0 atom stereocenters. The Kier molecular flexibility index (Phi) is 8.86. The number of carbonyl (C=O) groups is 2. The van der Waals surface area contributed by atoms with E-state index in [1.807, 2.05) is 62.1 Å². The van der Waals surface area contributed by atoms with E-state index in [1.165, 1.54) is 23.8 Å². The third-order valence-corrected chi connectivity index (χ3v) is 6.72. The number of anilines is 3. The number of hydrogen-bond donors (Lipinski definition) is 1. The van der Waals surface area contributed by atoms with Crippen molar-refractivity contribution in [3.05, 3.63) is 70.0 Å². The first-order valence-corrected chi connectivity index (χ1v) is 13.5. The number of hydrogen-bond acceptors (Lipinski definition) is 10. The highest BCUT2D eigenvalue weighted by Gasteiger charge is 2.24. The summed E-state index contributed by atoms with van der Waals surface area (Å²) in [5, 5.41) is 15.9. The highest BCUT2D eigenvalue weighted by atomic mass is 16.6. The van der Waals surface area contributed by atoms with Gasteiger partial charge in [0.25, 0.3) is 5.69 Å². The SMILES string of the molecule is CC(=O)n1cc(-c2nc(Nc3cc([N+](=O)[O-])c(N(C)CCN(C)C)cc3C)ncc2C(=O)OC(C)C)c2ccccc21. The van der Waals surface area contributed by atoms with Crippen LogP contribution in [-0.4, -0.2) is 76.6 Å². The summed E-state index contributed by atoms with van der Waals surface area (Å²) >= 11 is 0. The number of likely N-dealkylation sites (N-methyl/N-ethyl adjacent to an activating group) is 2. The van der Waals surface area contributed by atoms with Gasteiger partial charge in [-0.2, -0.15) is 0 Å². The van der Waals surface area contributed by atoms with E-state index in [2.05, 4.69) is 15.3 Å². The fourth-order valence-corrected chi connectivity index (χ4v) is 4.56. The first kappa shape index (κ1) is 30.1. The van der Waals surface area contributed by atoms with Gasteiger partial charge in [0.15, 0.2) is 0 Å². The number of rotatable bonds is 10. The van der Waals surface area contributed by atoms with E-state index in [9.17, 15) is 19.7 Å². The number of nitro benzene ring substituents is 1. The van der Waals surface area contributed by atoms with Crippen molar-refractivity contribution in [2.45, 2.75) is 33.8 Å². The highest BCUT2D eigenvalue weighted by molar-refractivity contribution is 6.05. The van der Waals surface area contributed by atoms with Gasteiger partial charge in [-0.1, -0.05) is 18.2 Å². The van der Waals surface area contributed by atoms with Crippen LogP contribution in [0.4, 0.5) is 23.0 Å². The third kappa shape index (κ3) is 6.39. The predicted octanol–water partition coefficient (Wildman–Crippen LogP) is 5.28. The van der Waals surface area contributed by atoms with E-state index in [-0.39, 0.29) is 34.9 Å². The first-order valence-electron chi connectivity index (χ1n) is 13.5. The van der Waals surface area contributed by atoms with Crippen LogP contribution in [0.15, 0.2) is 48.8 Å². The molecule has 0 amide bonds. The van der Waals surface area contributed by atoms with E-state index >= 15 is 0 Å². The van der Waals surface area contributed by atoms with Gasteiger partial charge in [0.1, 0.15) is 11.3 Å². The molecule has 12 nitrogen and oxygen atoms in total. The van der Waals surface area contributed by atoms with E-state index in [4.69, 9.17) is 4.74 Å². The molecule has 2 aromatic carbocycles. The Labute approximate surface area is 244 Å². The van der Waals surface area contributed by atoms with Crippen LogP contribution in [0.25, 0.3) is 22.2 Å². The summed E-state index contributed by atoms with van der Waals surface area (Å²) in [5.74, 6) is -0.685. The minimum atomic E-state index is -0.608. The fourth-order valence-electron chi connectivity index (χ4n) is 4.56. The highest BCUT2D eigenvalue weighted by Crippen LogP contribution is 2.36. The molecule has 0 radical (unpaired) electrons. The van der Waals surface area contributed by atoms with E-state index in [0.717, 1.165) is 12.1 Å². The van der Waals surface area contributed by atoms with Gasteiger partial charge in [-0.25, -0.2) is 14.8 Å². The second kappa shape index (κ2) is 12.4. The van der Waals surface area contributed by atoms with E-state index in [0.29, 0.717) is 34.4 Å². The van der Waals surface area contributed by atoms with Crippen molar-refractivity contribution in [1.29, 1.82) is 0 Å². The summed E-state index contributed by atoms with van der Waals surface area (Å²) in [5.41, 5.74) is 3.22. The van der Waals surface area contributed by atoms with Crippen LogP contribution in [0.1, 0.15) is 41.5 Å². The second-order valence-corrected chi connectivity index (χ2v) is 10.6. The maximum absolute atomic E-state index is 13.1. The van der Waals surface area contributed by atoms with Crippen LogP contribution in [-0.2, 0) is 4.74 Å². The van der Waals surface area contributed by atoms with Crippen molar-refractivity contribution < 1.29 is 19.2 Å². The van der Waals surface area contributed by atoms with Gasteiger partial charge in [0.05, 0.1) is 27.9 Å². The Hall–Kier alpha value is -4.84. The van der Waals surface area contributed by atoms with Crippen molar-refractivity contribution in [2.24, 2.45) is 0 Å². The molecule has 0 aliphatic heterocycles. The summed E-state index contributed by atoms with van der Waals surface area (Å²) in [7, 11) is 5.71. The smallest absolute Gasteiger partial charge is 0.342 e. The normalized spacial score (nSPS) is 11.3. The molecule has 0 bridgehead atoms. The minimum Gasteiger partial charge on any atom is -0.459 e. The Morgan fingerprint density at radius 2 is 1.86 bits per heavy atom. The maximum Gasteiger partial charge on any atom is 0.342 e. The van der Waals surface area contributed by atoms with Gasteiger partial charge in [0, 0.05) is 56.5 Å². The molecule has 4 rings (SSSR count). The molecule has 2 aromatic heterocycles. The number of nitrogens with zero attached hydrogens (tertiary/aromatic N) is 6. The van der Waals surface area contributed by atoms with Crippen LogP contribution in [0.2, 0.25) is 0 Å². The molecular weight excluding hydrogens is 538 g/mol. The van der Waals surface area contributed by atoms with Gasteiger partial charge in [-0.15, -0.1) is 0 Å². The molecule has 2 heterocycles.